The number of hydrogen-bond donors (Lipinski definition) is 1. The highest BCUT2D eigenvalue weighted by Gasteiger charge is 2.27. The minimum Gasteiger partial charge on any atom is -0.341 e. The quantitative estimate of drug-likeness (QED) is 0.839. The molecule has 2 N–H and O–H groups in total. The van der Waals surface area contributed by atoms with Gasteiger partial charge in [0.1, 0.15) is 0 Å². The molecule has 0 radical (unpaired) electrons. The Hall–Kier alpha value is -0.570. The number of nitrogens with zero attached hydrogens (tertiary/aromatic N) is 1. The van der Waals surface area contributed by atoms with Gasteiger partial charge in [0.2, 0.25) is 5.91 Å². The molecule has 1 saturated heterocycles. The highest BCUT2D eigenvalue weighted by molar-refractivity contribution is 5.76. The van der Waals surface area contributed by atoms with Gasteiger partial charge in [-0.2, -0.15) is 0 Å². The van der Waals surface area contributed by atoms with Gasteiger partial charge in [-0.1, -0.05) is 39.0 Å². The highest BCUT2D eigenvalue weighted by atomic mass is 16.2. The average Bonchev–Trinajstić information content (AvgIpc) is 2.64. The molecule has 3 nitrogen and oxygen atoms in total. The Bertz CT molecular complexity index is 299. The minimum atomic E-state index is 0.196. The van der Waals surface area contributed by atoms with Gasteiger partial charge in [0, 0.05) is 25.6 Å². The minimum absolute atomic E-state index is 0.196. The van der Waals surface area contributed by atoms with Crippen LogP contribution in [0.3, 0.4) is 0 Å². The Balaban J connectivity index is 1.82. The molecule has 0 aromatic heterocycles. The monoisotopic (exact) mass is 280 g/mol. The van der Waals surface area contributed by atoms with Crippen LogP contribution in [0.5, 0.6) is 0 Å². The molecular weight excluding hydrogens is 248 g/mol. The van der Waals surface area contributed by atoms with Gasteiger partial charge in [-0.3, -0.25) is 4.79 Å². The van der Waals surface area contributed by atoms with E-state index in [4.69, 9.17) is 5.73 Å². The van der Waals surface area contributed by atoms with Crippen molar-refractivity contribution in [2.24, 2.45) is 17.6 Å². The zero-order valence-corrected chi connectivity index (χ0v) is 13.2. The van der Waals surface area contributed by atoms with E-state index in [0.717, 1.165) is 31.8 Å². The summed E-state index contributed by atoms with van der Waals surface area (Å²) >= 11 is 0. The molecular formula is C17H32N2O. The summed E-state index contributed by atoms with van der Waals surface area (Å²) in [5.41, 5.74) is 6.39. The second-order valence-corrected chi connectivity index (χ2v) is 6.88. The normalized spacial score (nSPS) is 27.4. The molecule has 2 fully saturated rings. The lowest BCUT2D eigenvalue weighted by Gasteiger charge is -2.32. The summed E-state index contributed by atoms with van der Waals surface area (Å²) in [7, 11) is 0. The zero-order valence-electron chi connectivity index (χ0n) is 13.2. The van der Waals surface area contributed by atoms with Gasteiger partial charge < -0.3 is 10.6 Å². The van der Waals surface area contributed by atoms with Crippen LogP contribution in [0.2, 0.25) is 0 Å². The van der Waals surface area contributed by atoms with Crippen LogP contribution < -0.4 is 5.73 Å². The van der Waals surface area contributed by atoms with Crippen LogP contribution in [0.15, 0.2) is 0 Å². The number of rotatable bonds is 5. The Morgan fingerprint density at radius 1 is 1.20 bits per heavy atom. The molecule has 2 unspecified atom stereocenters. The highest BCUT2D eigenvalue weighted by Crippen LogP contribution is 2.27. The molecule has 2 aliphatic rings. The van der Waals surface area contributed by atoms with Crippen LogP contribution in [-0.2, 0) is 4.79 Å². The third-order valence-electron chi connectivity index (χ3n) is 5.31. The molecule has 0 bridgehead atoms. The first-order chi connectivity index (χ1) is 9.70. The molecule has 116 valence electrons. The molecule has 0 spiro atoms. The first kappa shape index (κ1) is 15.8. The molecule has 1 heterocycles. The Morgan fingerprint density at radius 2 is 1.95 bits per heavy atom. The van der Waals surface area contributed by atoms with Crippen molar-refractivity contribution in [2.45, 2.75) is 77.2 Å². The van der Waals surface area contributed by atoms with Crippen molar-refractivity contribution in [3.8, 4) is 0 Å². The summed E-state index contributed by atoms with van der Waals surface area (Å²) in [6.45, 7) is 3.97. The summed E-state index contributed by atoms with van der Waals surface area (Å²) in [6, 6.07) is 0.196. The Morgan fingerprint density at radius 3 is 2.65 bits per heavy atom. The number of carbonyl (C=O) groups is 1. The van der Waals surface area contributed by atoms with Crippen LogP contribution in [0.25, 0.3) is 0 Å². The van der Waals surface area contributed by atoms with E-state index in [0.29, 0.717) is 11.8 Å². The van der Waals surface area contributed by atoms with E-state index in [-0.39, 0.29) is 6.04 Å². The van der Waals surface area contributed by atoms with E-state index in [1.807, 2.05) is 0 Å². The van der Waals surface area contributed by atoms with Gasteiger partial charge in [0.25, 0.3) is 0 Å². The first-order valence-electron chi connectivity index (χ1n) is 8.74. The van der Waals surface area contributed by atoms with Crippen molar-refractivity contribution in [1.29, 1.82) is 0 Å². The third kappa shape index (κ3) is 4.47. The molecule has 1 saturated carbocycles. The van der Waals surface area contributed by atoms with Crippen LogP contribution in [0.1, 0.15) is 71.1 Å². The average molecular weight is 280 g/mol. The van der Waals surface area contributed by atoms with Gasteiger partial charge in [0.15, 0.2) is 0 Å². The lowest BCUT2D eigenvalue weighted by Crippen LogP contribution is -2.45. The molecule has 1 amide bonds. The Labute approximate surface area is 124 Å². The van der Waals surface area contributed by atoms with Gasteiger partial charge >= 0.3 is 0 Å². The van der Waals surface area contributed by atoms with Crippen LogP contribution >= 0.6 is 0 Å². The fraction of sp³-hybridized carbons (Fsp3) is 0.941. The van der Waals surface area contributed by atoms with Gasteiger partial charge in [-0.05, 0) is 37.5 Å². The molecule has 20 heavy (non-hydrogen) atoms. The fourth-order valence-corrected chi connectivity index (χ4v) is 3.95. The fourth-order valence-electron chi connectivity index (χ4n) is 3.95. The third-order valence-corrected chi connectivity index (χ3v) is 5.31. The summed E-state index contributed by atoms with van der Waals surface area (Å²) in [4.78, 5) is 14.3. The summed E-state index contributed by atoms with van der Waals surface area (Å²) in [6.07, 6.45) is 12.1. The summed E-state index contributed by atoms with van der Waals surface area (Å²) in [5, 5.41) is 0. The second kappa shape index (κ2) is 8.02. The van der Waals surface area contributed by atoms with Crippen molar-refractivity contribution in [2.75, 3.05) is 13.1 Å². The summed E-state index contributed by atoms with van der Waals surface area (Å²) < 4.78 is 0. The molecule has 3 heteroatoms. The molecule has 1 aliphatic heterocycles. The largest absolute Gasteiger partial charge is 0.341 e. The predicted molar refractivity (Wildman–Crippen MR) is 83.4 cm³/mol. The molecule has 2 atom stereocenters. The number of amides is 1. The SMILES string of the molecule is CCCC1CCC(=O)N(CC(N)C2CCCCC2)CC1. The van der Waals surface area contributed by atoms with Crippen molar-refractivity contribution >= 4 is 5.91 Å². The maximum absolute atomic E-state index is 12.3. The Kier molecular flexibility index (Phi) is 6.34. The van der Waals surface area contributed by atoms with Crippen molar-refractivity contribution in [3.05, 3.63) is 0 Å². The van der Waals surface area contributed by atoms with Gasteiger partial charge in [-0.15, -0.1) is 0 Å². The maximum Gasteiger partial charge on any atom is 0.222 e. The van der Waals surface area contributed by atoms with Gasteiger partial charge in [-0.25, -0.2) is 0 Å². The predicted octanol–water partition coefficient (Wildman–Crippen LogP) is 3.32. The van der Waals surface area contributed by atoms with Crippen molar-refractivity contribution in [3.63, 3.8) is 0 Å². The number of likely N-dealkylation sites (tertiary alicyclic amines) is 1. The van der Waals surface area contributed by atoms with E-state index in [9.17, 15) is 4.79 Å². The molecule has 0 aromatic carbocycles. The number of hydrogen-bond acceptors (Lipinski definition) is 2. The van der Waals surface area contributed by atoms with E-state index < -0.39 is 0 Å². The maximum atomic E-state index is 12.3. The van der Waals surface area contributed by atoms with E-state index in [1.165, 1.54) is 51.4 Å². The molecule has 1 aliphatic carbocycles. The van der Waals surface area contributed by atoms with E-state index in [1.54, 1.807) is 0 Å². The zero-order chi connectivity index (χ0) is 14.4. The summed E-state index contributed by atoms with van der Waals surface area (Å²) in [5.74, 6) is 1.74. The smallest absolute Gasteiger partial charge is 0.222 e. The molecule has 0 aromatic rings. The van der Waals surface area contributed by atoms with Crippen molar-refractivity contribution < 1.29 is 4.79 Å². The number of nitrogens with two attached hydrogens (primary N) is 1. The first-order valence-corrected chi connectivity index (χ1v) is 8.74. The second-order valence-electron chi connectivity index (χ2n) is 6.88. The van der Waals surface area contributed by atoms with Crippen LogP contribution in [0, 0.1) is 11.8 Å². The standard InChI is InChI=1S/C17H32N2O/c1-2-6-14-9-10-17(20)19(12-11-14)13-16(18)15-7-4-3-5-8-15/h14-16H,2-13,18H2,1H3. The van der Waals surface area contributed by atoms with Crippen LogP contribution in [-0.4, -0.2) is 29.9 Å². The lowest BCUT2D eigenvalue weighted by molar-refractivity contribution is -0.131. The molecule has 2 rings (SSSR count). The lowest BCUT2D eigenvalue weighted by atomic mass is 9.84. The van der Waals surface area contributed by atoms with Gasteiger partial charge in [0.05, 0.1) is 0 Å². The van der Waals surface area contributed by atoms with E-state index in [2.05, 4.69) is 11.8 Å². The number of carbonyl (C=O) groups excluding carboxylic acids is 1. The topological polar surface area (TPSA) is 46.3 Å². The van der Waals surface area contributed by atoms with E-state index >= 15 is 0 Å². The van der Waals surface area contributed by atoms with Crippen molar-refractivity contribution in [1.82, 2.24) is 4.90 Å². The van der Waals surface area contributed by atoms with Crippen LogP contribution in [0.4, 0.5) is 0 Å².